The minimum Gasteiger partial charge on any atom is -0.460 e. The number of benzene rings is 4. The Labute approximate surface area is 273 Å². The third kappa shape index (κ3) is 4.25. The molecule has 2 heterocycles. The van der Waals surface area contributed by atoms with Crippen molar-refractivity contribution in [1.29, 1.82) is 0 Å². The minimum absolute atomic E-state index is 0.111. The van der Waals surface area contributed by atoms with Gasteiger partial charge in [0.05, 0.1) is 11.5 Å². The monoisotopic (exact) mass is 605 g/mol. The topological polar surface area (TPSA) is 47.9 Å². The van der Waals surface area contributed by atoms with E-state index in [1.54, 1.807) is 0 Å². The van der Waals surface area contributed by atoms with Crippen LogP contribution in [0.4, 0.5) is 0 Å². The van der Waals surface area contributed by atoms with Crippen molar-refractivity contribution in [2.24, 2.45) is 5.92 Å². The Morgan fingerprint density at radius 2 is 1.55 bits per heavy atom. The first-order valence-corrected chi connectivity index (χ1v) is 16.6. The zero-order valence-electron chi connectivity index (χ0n) is 25.8. The molecule has 1 aliphatic heterocycles. The minimum atomic E-state index is 0.111. The van der Waals surface area contributed by atoms with Crippen molar-refractivity contribution in [2.45, 2.75) is 31.1 Å². The lowest BCUT2D eigenvalue weighted by atomic mass is 9.72. The molecule has 0 saturated heterocycles. The highest BCUT2D eigenvalue weighted by Gasteiger charge is 2.36. The number of hydrogen-bond donors (Lipinski definition) is 0. The van der Waals surface area contributed by atoms with E-state index in [1.807, 2.05) is 6.07 Å². The number of aromatic nitrogens is 3. The molecule has 4 aliphatic carbocycles. The number of allylic oxidation sites excluding steroid dienone is 9. The Morgan fingerprint density at radius 3 is 2.53 bits per heavy atom. The molecule has 5 aliphatic rings. The van der Waals surface area contributed by atoms with E-state index in [0.717, 1.165) is 52.9 Å². The summed E-state index contributed by atoms with van der Waals surface area (Å²) >= 11 is 0. The molecule has 1 aromatic heterocycles. The Kier molecular flexibility index (Phi) is 5.92. The maximum Gasteiger partial charge on any atom is 0.167 e. The van der Waals surface area contributed by atoms with Gasteiger partial charge >= 0.3 is 0 Å². The average molecular weight is 606 g/mol. The van der Waals surface area contributed by atoms with Crippen LogP contribution in [-0.2, 0) is 0 Å². The SMILES string of the molecule is C1=CC2C=Cc3c(ccc4c3=CCCC=4)C2C(c2nc(C3=C4Oc5ccccc5C4CC=C3)nc(-c3ccc4ccccc4c3)n2)=C1. The van der Waals surface area contributed by atoms with E-state index in [2.05, 4.69) is 127 Å². The van der Waals surface area contributed by atoms with Crippen LogP contribution in [0.15, 0.2) is 121 Å². The van der Waals surface area contributed by atoms with E-state index in [4.69, 9.17) is 19.7 Å². The molecule has 0 fully saturated rings. The first kappa shape index (κ1) is 26.6. The summed E-state index contributed by atoms with van der Waals surface area (Å²) < 4.78 is 6.54. The van der Waals surface area contributed by atoms with Crippen LogP contribution in [0.25, 0.3) is 51.5 Å². The highest BCUT2D eigenvalue weighted by molar-refractivity contribution is 5.87. The summed E-state index contributed by atoms with van der Waals surface area (Å²) in [6, 6.07) is 27.9. The molecule has 3 unspecified atom stereocenters. The van der Waals surface area contributed by atoms with Crippen LogP contribution in [0.3, 0.4) is 0 Å². The van der Waals surface area contributed by atoms with Gasteiger partial charge in [-0.1, -0.05) is 121 Å². The lowest BCUT2D eigenvalue weighted by Crippen LogP contribution is -2.33. The van der Waals surface area contributed by atoms with Gasteiger partial charge in [-0.2, -0.15) is 0 Å². The molecule has 0 saturated carbocycles. The molecule has 5 aromatic rings. The molecule has 4 heteroatoms. The Morgan fingerprint density at radius 1 is 0.702 bits per heavy atom. The molecule has 0 N–H and O–H groups in total. The number of nitrogens with zero attached hydrogens (tertiary/aromatic N) is 3. The highest BCUT2D eigenvalue weighted by atomic mass is 16.5. The summed E-state index contributed by atoms with van der Waals surface area (Å²) in [5.41, 5.74) is 6.89. The van der Waals surface area contributed by atoms with Gasteiger partial charge in [0.25, 0.3) is 0 Å². The number of rotatable bonds is 3. The average Bonchev–Trinajstić information content (AvgIpc) is 3.53. The van der Waals surface area contributed by atoms with E-state index >= 15 is 0 Å². The van der Waals surface area contributed by atoms with Crippen molar-refractivity contribution in [1.82, 2.24) is 15.0 Å². The Bertz CT molecular complexity index is 2440. The lowest BCUT2D eigenvalue weighted by Gasteiger charge is -2.32. The molecule has 4 aromatic carbocycles. The van der Waals surface area contributed by atoms with E-state index < -0.39 is 0 Å². The van der Waals surface area contributed by atoms with Crippen molar-refractivity contribution in [3.63, 3.8) is 0 Å². The van der Waals surface area contributed by atoms with Gasteiger partial charge in [-0.25, -0.2) is 15.0 Å². The molecule has 0 radical (unpaired) electrons. The Hall–Kier alpha value is -5.61. The fourth-order valence-electron chi connectivity index (χ4n) is 8.02. The van der Waals surface area contributed by atoms with Crippen LogP contribution in [0, 0.1) is 5.92 Å². The summed E-state index contributed by atoms with van der Waals surface area (Å²) in [6.45, 7) is 0. The summed E-state index contributed by atoms with van der Waals surface area (Å²) in [5, 5.41) is 5.04. The van der Waals surface area contributed by atoms with Gasteiger partial charge in [0.1, 0.15) is 11.5 Å². The third-order valence-electron chi connectivity index (χ3n) is 10.3. The first-order valence-electron chi connectivity index (χ1n) is 16.6. The molecule has 3 atom stereocenters. The second-order valence-electron chi connectivity index (χ2n) is 13.0. The molecule has 0 bridgehead atoms. The van der Waals surface area contributed by atoms with Crippen LogP contribution >= 0.6 is 0 Å². The number of para-hydroxylation sites is 1. The van der Waals surface area contributed by atoms with Crippen molar-refractivity contribution >= 4 is 40.1 Å². The molecular formula is C43H31N3O. The van der Waals surface area contributed by atoms with Gasteiger partial charge in [-0.15, -0.1) is 0 Å². The summed E-state index contributed by atoms with van der Waals surface area (Å²) in [5.74, 6) is 4.37. The van der Waals surface area contributed by atoms with Gasteiger partial charge < -0.3 is 4.74 Å². The molecule has 224 valence electrons. The summed E-state index contributed by atoms with van der Waals surface area (Å²) in [7, 11) is 0. The maximum absolute atomic E-state index is 6.54. The van der Waals surface area contributed by atoms with Crippen molar-refractivity contribution in [3.8, 4) is 17.1 Å². The predicted octanol–water partition coefficient (Wildman–Crippen LogP) is 8.27. The van der Waals surface area contributed by atoms with Gasteiger partial charge in [0, 0.05) is 28.5 Å². The van der Waals surface area contributed by atoms with Gasteiger partial charge in [-0.3, -0.25) is 0 Å². The Balaban J connectivity index is 1.18. The van der Waals surface area contributed by atoms with Crippen LogP contribution in [0.1, 0.15) is 59.4 Å². The third-order valence-corrected chi connectivity index (χ3v) is 10.3. The van der Waals surface area contributed by atoms with Crippen LogP contribution < -0.4 is 15.2 Å². The normalized spacial score (nSPS) is 21.4. The summed E-state index contributed by atoms with van der Waals surface area (Å²) in [4.78, 5) is 15.7. The van der Waals surface area contributed by atoms with Gasteiger partial charge in [0.2, 0.25) is 0 Å². The molecule has 47 heavy (non-hydrogen) atoms. The van der Waals surface area contributed by atoms with Crippen LogP contribution in [0.2, 0.25) is 0 Å². The second-order valence-corrected chi connectivity index (χ2v) is 13.0. The fraction of sp³-hybridized carbons (Fsp3) is 0.140. The lowest BCUT2D eigenvalue weighted by molar-refractivity contribution is 0.428. The maximum atomic E-state index is 6.54. The predicted molar refractivity (Wildman–Crippen MR) is 189 cm³/mol. The molecular weight excluding hydrogens is 574 g/mol. The second kappa shape index (κ2) is 10.5. The first-order chi connectivity index (χ1) is 23.3. The van der Waals surface area contributed by atoms with Crippen molar-refractivity contribution in [3.05, 3.63) is 160 Å². The zero-order valence-corrected chi connectivity index (χ0v) is 25.8. The van der Waals surface area contributed by atoms with Gasteiger partial charge in [-0.05, 0) is 63.7 Å². The smallest absolute Gasteiger partial charge is 0.167 e. The largest absolute Gasteiger partial charge is 0.460 e. The van der Waals surface area contributed by atoms with Gasteiger partial charge in [0.15, 0.2) is 17.5 Å². The molecule has 4 nitrogen and oxygen atoms in total. The molecule has 10 rings (SSSR count). The molecule has 0 spiro atoms. The molecule has 0 amide bonds. The fourth-order valence-corrected chi connectivity index (χ4v) is 8.02. The van der Waals surface area contributed by atoms with E-state index in [9.17, 15) is 0 Å². The number of hydrogen-bond acceptors (Lipinski definition) is 4. The summed E-state index contributed by atoms with van der Waals surface area (Å²) in [6.07, 6.45) is 23.6. The van der Waals surface area contributed by atoms with Crippen molar-refractivity contribution < 1.29 is 4.74 Å². The highest BCUT2D eigenvalue weighted by Crippen LogP contribution is 2.48. The number of fused-ring (bicyclic) bond motifs is 9. The quantitative estimate of drug-likeness (QED) is 0.208. The van der Waals surface area contributed by atoms with E-state index in [0.29, 0.717) is 17.5 Å². The standard InChI is InChI=1S/C43H31N3O/c1-2-11-29-25-30(20-19-26(29)9-1)41-44-42(46-43(45-41)37-17-8-15-35-33-14-5-6-18-38(33)47-40(35)37)36-16-7-12-28-22-23-32-31-13-4-3-10-27(31)21-24-34(32)39(28)36/h1-2,5-14,16-25,28,35,39H,3-4,15H2. The van der Waals surface area contributed by atoms with Crippen molar-refractivity contribution in [2.75, 3.05) is 0 Å². The van der Waals surface area contributed by atoms with Crippen LogP contribution in [0.5, 0.6) is 5.75 Å². The van der Waals surface area contributed by atoms with E-state index in [1.165, 1.54) is 32.5 Å². The van der Waals surface area contributed by atoms with E-state index in [-0.39, 0.29) is 17.8 Å². The number of ether oxygens (including phenoxy) is 1. The van der Waals surface area contributed by atoms with Crippen LogP contribution in [-0.4, -0.2) is 15.0 Å². The zero-order chi connectivity index (χ0) is 30.9.